The molecular formula is C19H25NO. The van der Waals surface area contributed by atoms with Crippen LogP contribution in [0.25, 0.3) is 0 Å². The van der Waals surface area contributed by atoms with Crippen molar-refractivity contribution in [2.45, 2.75) is 45.8 Å². The number of hydrogen-bond donors (Lipinski definition) is 1. The highest BCUT2D eigenvalue weighted by atomic mass is 16.5. The summed E-state index contributed by atoms with van der Waals surface area (Å²) in [7, 11) is 0. The maximum atomic E-state index is 6.01. The lowest BCUT2D eigenvalue weighted by Gasteiger charge is -2.11. The molecule has 0 radical (unpaired) electrons. The maximum absolute atomic E-state index is 6.01. The van der Waals surface area contributed by atoms with Crippen LogP contribution in [0, 0.1) is 0 Å². The molecule has 0 fully saturated rings. The van der Waals surface area contributed by atoms with Gasteiger partial charge in [-0.05, 0) is 41.2 Å². The average molecular weight is 283 g/mol. The molecule has 2 aromatic carbocycles. The van der Waals surface area contributed by atoms with Crippen molar-refractivity contribution in [1.29, 1.82) is 0 Å². The van der Waals surface area contributed by atoms with Crippen LogP contribution < -0.4 is 10.5 Å². The topological polar surface area (TPSA) is 35.2 Å². The molecule has 2 heteroatoms. The fraction of sp³-hybridized carbons (Fsp3) is 0.368. The zero-order valence-electron chi connectivity index (χ0n) is 13.2. The summed E-state index contributed by atoms with van der Waals surface area (Å²) in [6, 6.07) is 16.8. The Morgan fingerprint density at radius 1 is 0.905 bits per heavy atom. The number of hydrogen-bond acceptors (Lipinski definition) is 2. The summed E-state index contributed by atoms with van der Waals surface area (Å²) < 4.78 is 5.82. The van der Waals surface area contributed by atoms with Crippen molar-refractivity contribution < 1.29 is 4.74 Å². The lowest BCUT2D eigenvalue weighted by molar-refractivity contribution is 0.306. The van der Waals surface area contributed by atoms with Gasteiger partial charge in [-0.15, -0.1) is 0 Å². The van der Waals surface area contributed by atoms with Crippen molar-refractivity contribution in [2.24, 2.45) is 5.73 Å². The molecule has 0 aliphatic rings. The third-order valence-electron chi connectivity index (χ3n) is 3.80. The smallest absolute Gasteiger partial charge is 0.119 e. The van der Waals surface area contributed by atoms with Crippen molar-refractivity contribution in [3.63, 3.8) is 0 Å². The van der Waals surface area contributed by atoms with Gasteiger partial charge in [0.1, 0.15) is 12.4 Å². The quantitative estimate of drug-likeness (QED) is 0.826. The van der Waals surface area contributed by atoms with Crippen molar-refractivity contribution in [2.75, 3.05) is 0 Å². The Morgan fingerprint density at radius 2 is 1.48 bits per heavy atom. The fourth-order valence-electron chi connectivity index (χ4n) is 2.21. The molecule has 2 N–H and O–H groups in total. The van der Waals surface area contributed by atoms with E-state index in [0.717, 1.165) is 17.7 Å². The number of ether oxygens (including phenoxy) is 1. The first-order chi connectivity index (χ1) is 10.1. The van der Waals surface area contributed by atoms with Crippen LogP contribution in [0.15, 0.2) is 48.5 Å². The standard InChI is InChI=1S/C19H25NO/c1-4-19(20)17-9-11-18(12-10-17)21-13-15-5-7-16(8-6-15)14(2)3/h5-12,14,19H,4,13,20H2,1-3H3/t19-/m1/s1. The monoisotopic (exact) mass is 283 g/mol. The zero-order chi connectivity index (χ0) is 15.2. The van der Waals surface area contributed by atoms with Gasteiger partial charge >= 0.3 is 0 Å². The van der Waals surface area contributed by atoms with Crippen LogP contribution in [0.4, 0.5) is 0 Å². The van der Waals surface area contributed by atoms with E-state index in [1.165, 1.54) is 11.1 Å². The SMILES string of the molecule is CC[C@@H](N)c1ccc(OCc2ccc(C(C)C)cc2)cc1. The zero-order valence-corrected chi connectivity index (χ0v) is 13.2. The minimum Gasteiger partial charge on any atom is -0.489 e. The van der Waals surface area contributed by atoms with Crippen molar-refractivity contribution >= 4 is 0 Å². The van der Waals surface area contributed by atoms with Gasteiger partial charge in [-0.25, -0.2) is 0 Å². The first-order valence-electron chi connectivity index (χ1n) is 7.67. The van der Waals surface area contributed by atoms with Crippen LogP contribution in [-0.2, 0) is 6.61 Å². The van der Waals surface area contributed by atoms with Crippen molar-refractivity contribution in [3.8, 4) is 5.75 Å². The molecule has 0 aliphatic heterocycles. The van der Waals surface area contributed by atoms with E-state index < -0.39 is 0 Å². The predicted molar refractivity (Wildman–Crippen MR) is 88.5 cm³/mol. The Morgan fingerprint density at radius 3 is 2.00 bits per heavy atom. The highest BCUT2D eigenvalue weighted by Gasteiger charge is 2.03. The average Bonchev–Trinajstić information content (AvgIpc) is 2.53. The van der Waals surface area contributed by atoms with Gasteiger partial charge in [-0.1, -0.05) is 57.2 Å². The van der Waals surface area contributed by atoms with Crippen LogP contribution >= 0.6 is 0 Å². The summed E-state index contributed by atoms with van der Waals surface area (Å²) in [5.41, 5.74) is 9.71. The van der Waals surface area contributed by atoms with E-state index in [1.54, 1.807) is 0 Å². The molecule has 2 aromatic rings. The number of rotatable bonds is 6. The molecular weight excluding hydrogens is 258 g/mol. The largest absolute Gasteiger partial charge is 0.489 e. The highest BCUT2D eigenvalue weighted by Crippen LogP contribution is 2.20. The first kappa shape index (κ1) is 15.6. The van der Waals surface area contributed by atoms with Crippen LogP contribution in [0.3, 0.4) is 0 Å². The lowest BCUT2D eigenvalue weighted by Crippen LogP contribution is -2.08. The molecule has 0 saturated heterocycles. The van der Waals surface area contributed by atoms with Gasteiger partial charge in [0.25, 0.3) is 0 Å². The van der Waals surface area contributed by atoms with E-state index in [1.807, 2.05) is 24.3 Å². The molecule has 0 spiro atoms. The van der Waals surface area contributed by atoms with E-state index in [0.29, 0.717) is 12.5 Å². The second kappa shape index (κ2) is 7.28. The molecule has 0 aromatic heterocycles. The van der Waals surface area contributed by atoms with Gasteiger partial charge in [0.15, 0.2) is 0 Å². The minimum atomic E-state index is 0.114. The third-order valence-corrected chi connectivity index (χ3v) is 3.80. The Kier molecular flexibility index (Phi) is 5.40. The van der Waals surface area contributed by atoms with Gasteiger partial charge in [-0.2, -0.15) is 0 Å². The predicted octanol–water partition coefficient (Wildman–Crippen LogP) is 4.80. The molecule has 0 unspecified atom stereocenters. The highest BCUT2D eigenvalue weighted by molar-refractivity contribution is 5.30. The summed E-state index contributed by atoms with van der Waals surface area (Å²) in [5.74, 6) is 1.45. The van der Waals surface area contributed by atoms with Gasteiger partial charge < -0.3 is 10.5 Å². The molecule has 2 nitrogen and oxygen atoms in total. The van der Waals surface area contributed by atoms with E-state index in [2.05, 4.69) is 45.0 Å². The fourth-order valence-corrected chi connectivity index (χ4v) is 2.21. The van der Waals surface area contributed by atoms with Gasteiger partial charge in [0, 0.05) is 6.04 Å². The van der Waals surface area contributed by atoms with Crippen LogP contribution in [-0.4, -0.2) is 0 Å². The summed E-state index contributed by atoms with van der Waals surface area (Å²) in [6.07, 6.45) is 0.947. The summed E-state index contributed by atoms with van der Waals surface area (Å²) in [5, 5.41) is 0. The van der Waals surface area contributed by atoms with E-state index in [4.69, 9.17) is 10.5 Å². The number of nitrogens with two attached hydrogens (primary N) is 1. The van der Waals surface area contributed by atoms with Crippen LogP contribution in [0.1, 0.15) is 55.8 Å². The molecule has 21 heavy (non-hydrogen) atoms. The van der Waals surface area contributed by atoms with Crippen LogP contribution in [0.5, 0.6) is 5.75 Å². The Balaban J connectivity index is 1.93. The van der Waals surface area contributed by atoms with E-state index in [-0.39, 0.29) is 6.04 Å². The summed E-state index contributed by atoms with van der Waals surface area (Å²) >= 11 is 0. The molecule has 2 rings (SSSR count). The second-order valence-corrected chi connectivity index (χ2v) is 5.77. The summed E-state index contributed by atoms with van der Waals surface area (Å²) in [6.45, 7) is 7.09. The Labute approximate surface area is 127 Å². The molecule has 0 heterocycles. The van der Waals surface area contributed by atoms with Gasteiger partial charge in [-0.3, -0.25) is 0 Å². The van der Waals surface area contributed by atoms with E-state index >= 15 is 0 Å². The maximum Gasteiger partial charge on any atom is 0.119 e. The van der Waals surface area contributed by atoms with Gasteiger partial charge in [0.05, 0.1) is 0 Å². The van der Waals surface area contributed by atoms with Gasteiger partial charge in [0.2, 0.25) is 0 Å². The summed E-state index contributed by atoms with van der Waals surface area (Å²) in [4.78, 5) is 0. The molecule has 112 valence electrons. The minimum absolute atomic E-state index is 0.114. The molecule has 0 aliphatic carbocycles. The molecule has 0 amide bonds. The lowest BCUT2D eigenvalue weighted by atomic mass is 10.0. The second-order valence-electron chi connectivity index (χ2n) is 5.77. The van der Waals surface area contributed by atoms with Crippen LogP contribution in [0.2, 0.25) is 0 Å². The normalized spacial score (nSPS) is 12.4. The molecule has 1 atom stereocenters. The van der Waals surface area contributed by atoms with E-state index in [9.17, 15) is 0 Å². The van der Waals surface area contributed by atoms with Crippen molar-refractivity contribution in [3.05, 3.63) is 65.2 Å². The molecule has 0 bridgehead atoms. The van der Waals surface area contributed by atoms with Crippen molar-refractivity contribution in [1.82, 2.24) is 0 Å². The first-order valence-corrected chi connectivity index (χ1v) is 7.67. The number of benzene rings is 2. The molecule has 0 saturated carbocycles. The third kappa shape index (κ3) is 4.33. The Bertz CT molecular complexity index is 543. The Hall–Kier alpha value is -1.80.